The van der Waals surface area contributed by atoms with Gasteiger partial charge in [-0.25, -0.2) is 4.99 Å². The van der Waals surface area contributed by atoms with Crippen LogP contribution in [0.4, 0.5) is 5.69 Å². The van der Waals surface area contributed by atoms with E-state index in [1.807, 2.05) is 68.4 Å². The maximum Gasteiger partial charge on any atom is 0.266 e. The van der Waals surface area contributed by atoms with Gasteiger partial charge in [0, 0.05) is 6.54 Å². The zero-order valence-corrected chi connectivity index (χ0v) is 22.2. The number of aryl methyl sites for hydroxylation is 1. The molecular formula is C28H27ClN2O4S. The van der Waals surface area contributed by atoms with Gasteiger partial charge >= 0.3 is 0 Å². The first-order valence-electron chi connectivity index (χ1n) is 11.4. The predicted molar refractivity (Wildman–Crippen MR) is 147 cm³/mol. The van der Waals surface area contributed by atoms with Gasteiger partial charge in [-0.2, -0.15) is 0 Å². The van der Waals surface area contributed by atoms with E-state index >= 15 is 0 Å². The molecular weight excluding hydrogens is 496 g/mol. The lowest BCUT2D eigenvalue weighted by Gasteiger charge is -2.14. The minimum absolute atomic E-state index is 0.107. The molecule has 0 aromatic heterocycles. The molecule has 1 heterocycles. The van der Waals surface area contributed by atoms with Crippen molar-refractivity contribution in [3.05, 3.63) is 87.3 Å². The molecule has 1 aliphatic rings. The number of aliphatic imine (C=N–C) groups is 1. The summed E-state index contributed by atoms with van der Waals surface area (Å²) in [4.78, 5) is 20.0. The average molecular weight is 523 g/mol. The Bertz CT molecular complexity index is 1300. The fourth-order valence-corrected chi connectivity index (χ4v) is 4.93. The van der Waals surface area contributed by atoms with Crippen LogP contribution in [0.2, 0.25) is 5.02 Å². The van der Waals surface area contributed by atoms with Crippen molar-refractivity contribution in [2.75, 3.05) is 20.8 Å². The summed E-state index contributed by atoms with van der Waals surface area (Å²) in [6, 6.07) is 19.1. The molecule has 1 aliphatic heterocycles. The summed E-state index contributed by atoms with van der Waals surface area (Å²) in [5.41, 5.74) is 3.69. The van der Waals surface area contributed by atoms with Crippen LogP contribution in [0.5, 0.6) is 17.2 Å². The first-order valence-corrected chi connectivity index (χ1v) is 12.6. The predicted octanol–water partition coefficient (Wildman–Crippen LogP) is 6.87. The lowest BCUT2D eigenvalue weighted by molar-refractivity contribution is -0.122. The first-order chi connectivity index (χ1) is 17.4. The molecule has 0 bridgehead atoms. The maximum atomic E-state index is 13.1. The van der Waals surface area contributed by atoms with Crippen molar-refractivity contribution in [3.63, 3.8) is 0 Å². The Morgan fingerprint density at radius 1 is 1.03 bits per heavy atom. The molecule has 0 saturated carbocycles. The van der Waals surface area contributed by atoms with Gasteiger partial charge in [0.2, 0.25) is 0 Å². The number of amides is 1. The number of hydrogen-bond acceptors (Lipinski definition) is 6. The SMILES string of the molecule is CCN1C(=O)/C(=C\c2cc(Cl)c(OCc3ccc(C)cc3)c(OC)c2)SC1=Nc1ccc(OC)cc1. The van der Waals surface area contributed by atoms with Crippen LogP contribution < -0.4 is 14.2 Å². The van der Waals surface area contributed by atoms with E-state index in [2.05, 4.69) is 4.99 Å². The van der Waals surface area contributed by atoms with Crippen molar-refractivity contribution in [1.82, 2.24) is 4.90 Å². The quantitative estimate of drug-likeness (QED) is 0.302. The number of rotatable bonds is 8. The van der Waals surface area contributed by atoms with Gasteiger partial charge in [0.25, 0.3) is 5.91 Å². The molecule has 36 heavy (non-hydrogen) atoms. The second-order valence-corrected chi connectivity index (χ2v) is 9.48. The van der Waals surface area contributed by atoms with Crippen molar-refractivity contribution in [2.45, 2.75) is 20.5 Å². The van der Waals surface area contributed by atoms with Crippen molar-refractivity contribution in [2.24, 2.45) is 4.99 Å². The van der Waals surface area contributed by atoms with Crippen LogP contribution in [0.1, 0.15) is 23.6 Å². The van der Waals surface area contributed by atoms with Crippen LogP contribution in [0.3, 0.4) is 0 Å². The van der Waals surface area contributed by atoms with Gasteiger partial charge in [-0.05, 0) is 79.2 Å². The van der Waals surface area contributed by atoms with E-state index in [1.165, 1.54) is 17.3 Å². The molecule has 6 nitrogen and oxygen atoms in total. The van der Waals surface area contributed by atoms with Crippen molar-refractivity contribution < 1.29 is 19.0 Å². The molecule has 1 saturated heterocycles. The third kappa shape index (κ3) is 5.86. The molecule has 1 amide bonds. The van der Waals surface area contributed by atoms with Crippen LogP contribution in [-0.4, -0.2) is 36.7 Å². The normalized spacial score (nSPS) is 15.6. The summed E-state index contributed by atoms with van der Waals surface area (Å²) in [5.74, 6) is 1.60. The second-order valence-electron chi connectivity index (χ2n) is 8.06. The lowest BCUT2D eigenvalue weighted by Crippen LogP contribution is -2.28. The van der Waals surface area contributed by atoms with Gasteiger partial charge < -0.3 is 14.2 Å². The Hall–Kier alpha value is -3.42. The molecule has 0 radical (unpaired) electrons. The topological polar surface area (TPSA) is 60.4 Å². The molecule has 186 valence electrons. The fraction of sp³-hybridized carbons (Fsp3) is 0.214. The smallest absolute Gasteiger partial charge is 0.266 e. The Morgan fingerprint density at radius 2 is 1.75 bits per heavy atom. The van der Waals surface area contributed by atoms with Gasteiger partial charge in [-0.3, -0.25) is 9.69 Å². The number of carbonyl (C=O) groups excluding carboxylic acids is 1. The lowest BCUT2D eigenvalue weighted by atomic mass is 10.1. The van der Waals surface area contributed by atoms with Crippen molar-refractivity contribution in [3.8, 4) is 17.2 Å². The molecule has 3 aromatic rings. The highest BCUT2D eigenvalue weighted by molar-refractivity contribution is 8.18. The summed E-state index contributed by atoms with van der Waals surface area (Å²) in [5, 5.41) is 1.03. The van der Waals surface area contributed by atoms with Crippen molar-refractivity contribution in [1.29, 1.82) is 0 Å². The molecule has 0 spiro atoms. The number of methoxy groups -OCH3 is 2. The number of thioether (sulfide) groups is 1. The van der Waals surface area contributed by atoms with E-state index in [-0.39, 0.29) is 5.91 Å². The van der Waals surface area contributed by atoms with E-state index in [1.54, 1.807) is 31.3 Å². The number of hydrogen-bond donors (Lipinski definition) is 0. The van der Waals surface area contributed by atoms with Gasteiger partial charge in [-0.1, -0.05) is 41.4 Å². The summed E-state index contributed by atoms with van der Waals surface area (Å²) < 4.78 is 16.7. The number of benzene rings is 3. The van der Waals surface area contributed by atoms with E-state index in [4.69, 9.17) is 25.8 Å². The number of carbonyl (C=O) groups is 1. The summed E-state index contributed by atoms with van der Waals surface area (Å²) in [6.07, 6.45) is 1.80. The third-order valence-electron chi connectivity index (χ3n) is 5.55. The summed E-state index contributed by atoms with van der Waals surface area (Å²) >= 11 is 7.90. The van der Waals surface area contributed by atoms with Gasteiger partial charge in [0.1, 0.15) is 12.4 Å². The number of amidine groups is 1. The zero-order valence-electron chi connectivity index (χ0n) is 20.6. The average Bonchev–Trinajstić information content (AvgIpc) is 3.17. The van der Waals surface area contributed by atoms with Crippen LogP contribution in [-0.2, 0) is 11.4 Å². The van der Waals surface area contributed by atoms with Crippen LogP contribution >= 0.6 is 23.4 Å². The Labute approximate surface area is 220 Å². The molecule has 3 aromatic carbocycles. The van der Waals surface area contributed by atoms with Gasteiger partial charge in [-0.15, -0.1) is 0 Å². The minimum Gasteiger partial charge on any atom is -0.497 e. The van der Waals surface area contributed by atoms with E-state index < -0.39 is 0 Å². The summed E-state index contributed by atoms with van der Waals surface area (Å²) in [7, 11) is 3.18. The van der Waals surface area contributed by atoms with Gasteiger partial charge in [0.05, 0.1) is 29.8 Å². The van der Waals surface area contributed by atoms with Crippen LogP contribution in [0.15, 0.2) is 70.6 Å². The summed E-state index contributed by atoms with van der Waals surface area (Å²) in [6.45, 7) is 4.83. The standard InChI is InChI=1S/C28H27ClN2O4S/c1-5-31-27(32)25(36-28(31)30-21-10-12-22(33-3)13-11-21)16-20-14-23(29)26(24(15-20)34-4)35-17-19-8-6-18(2)7-9-19/h6-16H,5,17H2,1-4H3/b25-16+,30-28?. The number of nitrogens with zero attached hydrogens (tertiary/aromatic N) is 2. The van der Waals surface area contributed by atoms with E-state index in [9.17, 15) is 4.79 Å². The molecule has 0 atom stereocenters. The first kappa shape index (κ1) is 25.7. The number of ether oxygens (including phenoxy) is 3. The van der Waals surface area contributed by atoms with Gasteiger partial charge in [0.15, 0.2) is 16.7 Å². The number of halogens is 1. The largest absolute Gasteiger partial charge is 0.497 e. The maximum absolute atomic E-state index is 13.1. The Balaban J connectivity index is 1.57. The van der Waals surface area contributed by atoms with Crippen molar-refractivity contribution >= 4 is 46.2 Å². The monoisotopic (exact) mass is 522 g/mol. The molecule has 0 N–H and O–H groups in total. The Kier molecular flexibility index (Phi) is 8.23. The molecule has 4 rings (SSSR count). The molecule has 0 aliphatic carbocycles. The Morgan fingerprint density at radius 3 is 2.39 bits per heavy atom. The van der Waals surface area contributed by atoms with E-state index in [0.717, 1.165) is 22.6 Å². The highest BCUT2D eigenvalue weighted by Gasteiger charge is 2.32. The second kappa shape index (κ2) is 11.5. The highest BCUT2D eigenvalue weighted by atomic mass is 35.5. The highest BCUT2D eigenvalue weighted by Crippen LogP contribution is 2.39. The number of likely N-dealkylation sites (N-methyl/N-ethyl adjacent to an activating group) is 1. The zero-order chi connectivity index (χ0) is 25.7. The fourth-order valence-electron chi connectivity index (χ4n) is 3.59. The van der Waals surface area contributed by atoms with Crippen LogP contribution in [0.25, 0.3) is 6.08 Å². The molecule has 0 unspecified atom stereocenters. The van der Waals surface area contributed by atoms with E-state index in [0.29, 0.717) is 39.7 Å². The third-order valence-corrected chi connectivity index (χ3v) is 6.84. The molecule has 1 fully saturated rings. The molecule has 8 heteroatoms. The van der Waals surface area contributed by atoms with Crippen LogP contribution in [0, 0.1) is 6.92 Å². The minimum atomic E-state index is -0.107.